The largest absolute Gasteiger partial charge is 0.504 e. The fraction of sp³-hybridized carbons (Fsp3) is 1.00. The Morgan fingerprint density at radius 2 is 0.833 bits per heavy atom. The number of hydrogen-bond donors (Lipinski definition) is 0. The molecule has 0 saturated heterocycles. The van der Waals surface area contributed by atoms with Gasteiger partial charge in [-0.25, -0.2) is 0 Å². The molecule has 0 aromatic heterocycles. The maximum Gasteiger partial charge on any atom is 0.504 e. The van der Waals surface area contributed by atoms with Gasteiger partial charge < -0.3 is 13.3 Å². The van der Waals surface area contributed by atoms with E-state index in [0.717, 1.165) is 51.4 Å². The topological polar surface area (TPSA) is 27.7 Å². The van der Waals surface area contributed by atoms with Crippen LogP contribution >= 0.6 is 0 Å². The summed E-state index contributed by atoms with van der Waals surface area (Å²) in [5.41, 5.74) is 0.348. The van der Waals surface area contributed by atoms with E-state index in [1.165, 1.54) is 0 Å². The van der Waals surface area contributed by atoms with Crippen LogP contribution in [0.4, 0.5) is 0 Å². The Morgan fingerprint density at radius 1 is 0.542 bits per heavy atom. The first kappa shape index (κ1) is 24.1. The van der Waals surface area contributed by atoms with E-state index >= 15 is 0 Å². The van der Waals surface area contributed by atoms with E-state index < -0.39 is 8.80 Å². The molecule has 0 aliphatic rings. The quantitative estimate of drug-likeness (QED) is 0.303. The molecule has 4 unspecified atom stereocenters. The van der Waals surface area contributed by atoms with Gasteiger partial charge in [-0.05, 0) is 46.5 Å². The molecule has 0 spiro atoms. The summed E-state index contributed by atoms with van der Waals surface area (Å²) in [6, 6.07) is 0. The van der Waals surface area contributed by atoms with Gasteiger partial charge in [0, 0.05) is 23.9 Å². The molecule has 0 radical (unpaired) electrons. The highest BCUT2D eigenvalue weighted by Crippen LogP contribution is 2.34. The molecule has 0 aromatic carbocycles. The Labute approximate surface area is 153 Å². The summed E-state index contributed by atoms with van der Waals surface area (Å²) in [4.78, 5) is 0. The minimum atomic E-state index is -2.72. The van der Waals surface area contributed by atoms with Gasteiger partial charge in [-0.2, -0.15) is 0 Å². The van der Waals surface area contributed by atoms with Gasteiger partial charge in [-0.15, -0.1) is 0 Å². The molecule has 0 heterocycles. The monoisotopic (exact) mass is 360 g/mol. The fourth-order valence-corrected chi connectivity index (χ4v) is 6.82. The van der Waals surface area contributed by atoms with E-state index in [4.69, 9.17) is 13.3 Å². The molecule has 0 bridgehead atoms. The summed E-state index contributed by atoms with van der Waals surface area (Å²) in [5, 5.41) is 0. The molecule has 0 amide bonds. The van der Waals surface area contributed by atoms with Crippen LogP contribution in [0.5, 0.6) is 0 Å². The number of hydrogen-bond acceptors (Lipinski definition) is 3. The van der Waals surface area contributed by atoms with Crippen LogP contribution < -0.4 is 0 Å². The fourth-order valence-electron chi connectivity index (χ4n) is 3.28. The standard InChI is InChI=1S/C20H44O3Si/c1-9-13-17(5)21-24(20(8)16-12-4,22-18(6)14-10-2)23-19(7)15-11-3/h17-20H,9-16H2,1-8H3. The van der Waals surface area contributed by atoms with Gasteiger partial charge in [0.2, 0.25) is 0 Å². The molecule has 0 aliphatic heterocycles. The lowest BCUT2D eigenvalue weighted by Gasteiger charge is -2.40. The molecule has 0 saturated carbocycles. The molecule has 0 rings (SSSR count). The predicted molar refractivity (Wildman–Crippen MR) is 106 cm³/mol. The van der Waals surface area contributed by atoms with Crippen molar-refractivity contribution in [3.63, 3.8) is 0 Å². The van der Waals surface area contributed by atoms with Gasteiger partial charge in [0.15, 0.2) is 0 Å². The molecule has 4 heteroatoms. The van der Waals surface area contributed by atoms with Gasteiger partial charge in [-0.1, -0.05) is 60.3 Å². The molecule has 4 atom stereocenters. The third-order valence-electron chi connectivity index (χ3n) is 4.51. The third kappa shape index (κ3) is 8.98. The van der Waals surface area contributed by atoms with E-state index in [-0.39, 0.29) is 18.3 Å². The van der Waals surface area contributed by atoms with Crippen molar-refractivity contribution in [2.75, 3.05) is 0 Å². The van der Waals surface area contributed by atoms with Crippen molar-refractivity contribution < 1.29 is 13.3 Å². The summed E-state index contributed by atoms with van der Waals surface area (Å²) in [7, 11) is -2.72. The molecular formula is C20H44O3Si. The summed E-state index contributed by atoms with van der Waals surface area (Å²) < 4.78 is 19.9. The minimum Gasteiger partial charge on any atom is -0.370 e. The van der Waals surface area contributed by atoms with Crippen LogP contribution in [-0.2, 0) is 13.3 Å². The first-order valence-corrected chi connectivity index (χ1v) is 12.2. The Kier molecular flexibility index (Phi) is 13.4. The average Bonchev–Trinajstić information content (AvgIpc) is 2.47. The highest BCUT2D eigenvalue weighted by Gasteiger charge is 2.50. The van der Waals surface area contributed by atoms with Crippen LogP contribution in [0.3, 0.4) is 0 Å². The van der Waals surface area contributed by atoms with Crippen LogP contribution in [-0.4, -0.2) is 27.1 Å². The molecule has 24 heavy (non-hydrogen) atoms. The maximum absolute atomic E-state index is 6.62. The molecule has 0 aliphatic carbocycles. The lowest BCUT2D eigenvalue weighted by molar-refractivity contribution is -0.0210. The molecule has 0 N–H and O–H groups in total. The van der Waals surface area contributed by atoms with E-state index in [0.29, 0.717) is 5.54 Å². The van der Waals surface area contributed by atoms with Crippen molar-refractivity contribution in [1.82, 2.24) is 0 Å². The summed E-state index contributed by atoms with van der Waals surface area (Å²) in [6.07, 6.45) is 9.39. The highest BCUT2D eigenvalue weighted by molar-refractivity contribution is 6.62. The Hall–Kier alpha value is 0.0969. The van der Waals surface area contributed by atoms with Crippen molar-refractivity contribution in [1.29, 1.82) is 0 Å². The van der Waals surface area contributed by atoms with Crippen LogP contribution in [0, 0.1) is 0 Å². The summed E-state index contributed by atoms with van der Waals surface area (Å²) in [6.45, 7) is 17.6. The van der Waals surface area contributed by atoms with Gasteiger partial charge in [0.1, 0.15) is 0 Å². The number of rotatable bonds is 15. The van der Waals surface area contributed by atoms with Crippen LogP contribution in [0.1, 0.15) is 107 Å². The van der Waals surface area contributed by atoms with Crippen LogP contribution in [0.2, 0.25) is 5.54 Å². The van der Waals surface area contributed by atoms with Crippen molar-refractivity contribution >= 4 is 8.80 Å². The van der Waals surface area contributed by atoms with Gasteiger partial charge >= 0.3 is 8.80 Å². The molecule has 0 fully saturated rings. The van der Waals surface area contributed by atoms with Crippen molar-refractivity contribution in [3.8, 4) is 0 Å². The zero-order valence-electron chi connectivity index (χ0n) is 17.7. The zero-order valence-corrected chi connectivity index (χ0v) is 18.7. The van der Waals surface area contributed by atoms with E-state index in [9.17, 15) is 0 Å². The van der Waals surface area contributed by atoms with Crippen LogP contribution in [0.25, 0.3) is 0 Å². The van der Waals surface area contributed by atoms with Gasteiger partial charge in [0.05, 0.1) is 0 Å². The minimum absolute atomic E-state index is 0.198. The summed E-state index contributed by atoms with van der Waals surface area (Å²) >= 11 is 0. The third-order valence-corrected chi connectivity index (χ3v) is 8.20. The van der Waals surface area contributed by atoms with Crippen molar-refractivity contribution in [2.45, 2.75) is 131 Å². The molecule has 0 aromatic rings. The zero-order chi connectivity index (χ0) is 18.6. The smallest absolute Gasteiger partial charge is 0.370 e. The molecule has 146 valence electrons. The van der Waals surface area contributed by atoms with E-state index in [1.54, 1.807) is 0 Å². The second kappa shape index (κ2) is 13.3. The van der Waals surface area contributed by atoms with E-state index in [1.807, 2.05) is 0 Å². The maximum atomic E-state index is 6.62. The predicted octanol–water partition coefficient (Wildman–Crippen LogP) is 6.73. The summed E-state index contributed by atoms with van der Waals surface area (Å²) in [5.74, 6) is 0. The second-order valence-corrected chi connectivity index (χ2v) is 10.3. The van der Waals surface area contributed by atoms with Gasteiger partial charge in [-0.3, -0.25) is 0 Å². The molecular weight excluding hydrogens is 316 g/mol. The normalized spacial score (nSPS) is 19.5. The first-order valence-electron chi connectivity index (χ1n) is 10.4. The first-order chi connectivity index (χ1) is 11.3. The van der Waals surface area contributed by atoms with Gasteiger partial charge in [0.25, 0.3) is 0 Å². The van der Waals surface area contributed by atoms with Crippen LogP contribution in [0.15, 0.2) is 0 Å². The van der Waals surface area contributed by atoms with E-state index in [2.05, 4.69) is 55.4 Å². The molecule has 3 nitrogen and oxygen atoms in total. The SMILES string of the molecule is CCCC(C)O[Si](OC(C)CCC)(OC(C)CCC)C(C)CCC. The Morgan fingerprint density at radius 3 is 1.08 bits per heavy atom. The Balaban J connectivity index is 5.43. The highest BCUT2D eigenvalue weighted by atomic mass is 28.4. The van der Waals surface area contributed by atoms with Crippen molar-refractivity contribution in [2.24, 2.45) is 0 Å². The second-order valence-electron chi connectivity index (χ2n) is 7.44. The van der Waals surface area contributed by atoms with Crippen molar-refractivity contribution in [3.05, 3.63) is 0 Å². The lowest BCUT2D eigenvalue weighted by atomic mass is 10.2. The lowest BCUT2D eigenvalue weighted by Crippen LogP contribution is -2.54. The Bertz CT molecular complexity index is 263. The average molecular weight is 361 g/mol.